The maximum Gasteiger partial charge on any atom is 0.279 e. The first-order valence-electron chi connectivity index (χ1n) is 25.8. The molecule has 0 aromatic rings. The van der Waals surface area contributed by atoms with Crippen LogP contribution in [0.4, 0.5) is 8.78 Å². The largest absolute Gasteiger partial charge is 0.353 e. The average Bonchev–Trinajstić information content (AvgIpc) is 3.72. The highest BCUT2D eigenvalue weighted by Crippen LogP contribution is 2.22. The Balaban J connectivity index is 1.03. The first-order valence-corrected chi connectivity index (χ1v) is 25.8. The van der Waals surface area contributed by atoms with Crippen LogP contribution in [-0.4, -0.2) is 62.9 Å². The van der Waals surface area contributed by atoms with E-state index in [1.807, 2.05) is 0 Å². The van der Waals surface area contributed by atoms with Gasteiger partial charge in [-0.15, -0.1) is 0 Å². The molecule has 0 bridgehead atoms. The van der Waals surface area contributed by atoms with Crippen molar-refractivity contribution in [1.82, 2.24) is 10.6 Å². The van der Waals surface area contributed by atoms with Crippen LogP contribution in [0.15, 0.2) is 23.8 Å². The van der Waals surface area contributed by atoms with Gasteiger partial charge in [0.15, 0.2) is 24.2 Å². The van der Waals surface area contributed by atoms with E-state index in [2.05, 4.69) is 10.6 Å². The molecule has 1 saturated carbocycles. The molecule has 0 aromatic carbocycles. The molecule has 2 aliphatic heterocycles. The summed E-state index contributed by atoms with van der Waals surface area (Å²) in [6, 6.07) is -0.447. The summed E-state index contributed by atoms with van der Waals surface area (Å²) in [7, 11) is 0. The maximum absolute atomic E-state index is 14.5. The van der Waals surface area contributed by atoms with Gasteiger partial charge in [-0.3, -0.25) is 9.59 Å². The van der Waals surface area contributed by atoms with Crippen molar-refractivity contribution >= 4 is 11.8 Å². The number of carbonyl (C=O) groups is 2. The molecular weight excluding hydrogens is 775 g/mol. The maximum atomic E-state index is 14.5. The Morgan fingerprint density at radius 2 is 0.754 bits per heavy atom. The third kappa shape index (κ3) is 29.2. The van der Waals surface area contributed by atoms with E-state index in [1.165, 1.54) is 153 Å². The summed E-state index contributed by atoms with van der Waals surface area (Å²) < 4.78 is 51.8. The molecule has 3 fully saturated rings. The molecule has 8 nitrogen and oxygen atoms in total. The van der Waals surface area contributed by atoms with Gasteiger partial charge in [-0.05, 0) is 108 Å². The summed E-state index contributed by atoms with van der Waals surface area (Å²) in [5.74, 6) is -2.84. The molecule has 4 atom stereocenters. The number of hydrogen-bond acceptors (Lipinski definition) is 6. The molecule has 2 N–H and O–H groups in total. The number of carbonyl (C=O) groups excluding carboxylic acids is 2. The van der Waals surface area contributed by atoms with E-state index in [-0.39, 0.29) is 24.7 Å². The van der Waals surface area contributed by atoms with Gasteiger partial charge in [-0.2, -0.15) is 0 Å². The van der Waals surface area contributed by atoms with Gasteiger partial charge in [-0.1, -0.05) is 141 Å². The zero-order valence-corrected chi connectivity index (χ0v) is 38.7. The number of rotatable bonds is 38. The molecule has 0 spiro atoms. The number of hydrogen-bond donors (Lipinski definition) is 2. The zero-order valence-electron chi connectivity index (χ0n) is 38.7. The molecule has 2 saturated heterocycles. The van der Waals surface area contributed by atoms with Gasteiger partial charge in [0, 0.05) is 38.5 Å². The summed E-state index contributed by atoms with van der Waals surface area (Å²) in [6.07, 6.45) is 44.2. The van der Waals surface area contributed by atoms with E-state index in [1.54, 1.807) is 0 Å². The van der Waals surface area contributed by atoms with Crippen molar-refractivity contribution in [3.05, 3.63) is 23.8 Å². The fourth-order valence-corrected chi connectivity index (χ4v) is 8.89. The van der Waals surface area contributed by atoms with Crippen molar-refractivity contribution in [3.8, 4) is 0 Å². The molecule has 3 rings (SSSR count). The van der Waals surface area contributed by atoms with Gasteiger partial charge in [0.1, 0.15) is 0 Å². The fraction of sp³-hybridized carbons (Fsp3) is 0.882. The number of unbranched alkanes of at least 4 members (excludes halogenated alkanes) is 26. The van der Waals surface area contributed by atoms with Crippen LogP contribution in [-0.2, 0) is 28.5 Å². The lowest BCUT2D eigenvalue weighted by atomic mass is 10.0. The Kier molecular flexibility index (Phi) is 32.9. The monoisotopic (exact) mass is 865 g/mol. The number of ether oxygens (including phenoxy) is 4. The van der Waals surface area contributed by atoms with E-state index in [0.717, 1.165) is 90.6 Å². The van der Waals surface area contributed by atoms with E-state index in [9.17, 15) is 18.4 Å². The van der Waals surface area contributed by atoms with Crippen LogP contribution in [0.25, 0.3) is 0 Å². The standard InChI is InChI=1S/C51H90F2N2O6/c52-46(33-25-21-17-13-9-5-1-3-7-11-15-19-23-29-39-58-48-35-27-31-41-60-48)50(56)54-44-37-38-45(43-44)55-51(57)47(53)34-26-22-18-14-10-6-2-4-8-12-16-20-24-30-40-59-49-36-28-32-42-61-49/h33-34,44-45,48-49H,1-32,35-43H2,(H,54,56)(H,55,57)/b46-33-,47-34+/t44-,45+,48?,49?/m0/s1. The molecule has 61 heavy (non-hydrogen) atoms. The Morgan fingerprint density at radius 1 is 0.443 bits per heavy atom. The lowest BCUT2D eigenvalue weighted by molar-refractivity contribution is -0.163. The third-order valence-electron chi connectivity index (χ3n) is 12.8. The van der Waals surface area contributed by atoms with Crippen molar-refractivity contribution in [2.45, 2.75) is 262 Å². The second-order valence-electron chi connectivity index (χ2n) is 18.4. The fourth-order valence-electron chi connectivity index (χ4n) is 8.89. The number of allylic oxidation sites excluding steroid dienone is 2. The van der Waals surface area contributed by atoms with E-state index >= 15 is 0 Å². The van der Waals surface area contributed by atoms with Gasteiger partial charge in [0.2, 0.25) is 0 Å². The summed E-state index contributed by atoms with van der Waals surface area (Å²) >= 11 is 0. The smallest absolute Gasteiger partial charge is 0.279 e. The van der Waals surface area contributed by atoms with Crippen LogP contribution in [0.1, 0.15) is 238 Å². The van der Waals surface area contributed by atoms with Crippen LogP contribution in [0.2, 0.25) is 0 Å². The molecule has 2 heterocycles. The molecule has 0 aromatic heterocycles. The first kappa shape index (κ1) is 53.5. The zero-order chi connectivity index (χ0) is 43.3. The van der Waals surface area contributed by atoms with Gasteiger partial charge in [0.05, 0.1) is 0 Å². The van der Waals surface area contributed by atoms with Crippen LogP contribution in [0.3, 0.4) is 0 Å². The predicted molar refractivity (Wildman–Crippen MR) is 244 cm³/mol. The van der Waals surface area contributed by atoms with E-state index in [4.69, 9.17) is 18.9 Å². The number of nitrogens with one attached hydrogen (secondary N) is 2. The molecule has 3 aliphatic rings. The topological polar surface area (TPSA) is 95.1 Å². The van der Waals surface area contributed by atoms with Gasteiger partial charge in [0.25, 0.3) is 11.8 Å². The van der Waals surface area contributed by atoms with Crippen molar-refractivity contribution < 1.29 is 37.3 Å². The molecule has 354 valence electrons. The van der Waals surface area contributed by atoms with Gasteiger partial charge in [-0.25, -0.2) is 8.78 Å². The lowest BCUT2D eigenvalue weighted by Crippen LogP contribution is -2.37. The first-order chi connectivity index (χ1) is 30.0. The quantitative estimate of drug-likeness (QED) is 0.0474. The van der Waals surface area contributed by atoms with Crippen LogP contribution in [0, 0.1) is 0 Å². The minimum Gasteiger partial charge on any atom is -0.353 e. The van der Waals surface area contributed by atoms with E-state index < -0.39 is 23.5 Å². The van der Waals surface area contributed by atoms with Crippen molar-refractivity contribution in [3.63, 3.8) is 0 Å². The number of amides is 2. The molecule has 2 unspecified atom stereocenters. The second kappa shape index (κ2) is 37.5. The van der Waals surface area contributed by atoms with Crippen LogP contribution >= 0.6 is 0 Å². The van der Waals surface area contributed by atoms with Crippen molar-refractivity contribution in [2.75, 3.05) is 26.4 Å². The Labute approximate surface area is 371 Å². The second-order valence-corrected chi connectivity index (χ2v) is 18.4. The predicted octanol–water partition coefficient (Wildman–Crippen LogP) is 13.9. The highest BCUT2D eigenvalue weighted by Gasteiger charge is 2.28. The summed E-state index contributed by atoms with van der Waals surface area (Å²) in [5, 5.41) is 5.53. The van der Waals surface area contributed by atoms with Crippen molar-refractivity contribution in [1.29, 1.82) is 0 Å². The molecule has 10 heteroatoms. The molecule has 1 aliphatic carbocycles. The highest BCUT2D eigenvalue weighted by atomic mass is 19.1. The molecule has 2 amide bonds. The third-order valence-corrected chi connectivity index (χ3v) is 12.8. The van der Waals surface area contributed by atoms with Crippen LogP contribution in [0.5, 0.6) is 0 Å². The Bertz CT molecular complexity index is 1060. The lowest BCUT2D eigenvalue weighted by Gasteiger charge is -2.22. The minimum absolute atomic E-state index is 0.0433. The van der Waals surface area contributed by atoms with Crippen LogP contribution < -0.4 is 10.6 Å². The van der Waals surface area contributed by atoms with E-state index in [0.29, 0.717) is 32.1 Å². The van der Waals surface area contributed by atoms with Crippen molar-refractivity contribution in [2.24, 2.45) is 0 Å². The average molecular weight is 865 g/mol. The Morgan fingerprint density at radius 3 is 1.07 bits per heavy atom. The van der Waals surface area contributed by atoms with Gasteiger partial charge >= 0.3 is 0 Å². The summed E-state index contributed by atoms with van der Waals surface area (Å²) in [6.45, 7) is 3.36. The number of halogens is 2. The summed E-state index contributed by atoms with van der Waals surface area (Å²) in [5.41, 5.74) is 0. The molecular formula is C51H90F2N2O6. The Hall–Kier alpha value is -1.88. The normalized spacial score (nSPS) is 21.2. The minimum atomic E-state index is -0.733. The highest BCUT2D eigenvalue weighted by molar-refractivity contribution is 5.92. The van der Waals surface area contributed by atoms with Gasteiger partial charge < -0.3 is 29.6 Å². The SMILES string of the molecule is O=C(N[C@H]1CC[C@@H](NC(=O)/C(F)=C\CCCCCCCCCCCCCCCOC2CCCCO2)C1)/C(F)=C/CCCCCCCCCCCCCCCOC1CCCCO1. The summed E-state index contributed by atoms with van der Waals surface area (Å²) in [4.78, 5) is 24.8. The molecule has 0 radical (unpaired) electrons.